The van der Waals surface area contributed by atoms with E-state index >= 15 is 0 Å². The molecular formula is C14H28. The summed E-state index contributed by atoms with van der Waals surface area (Å²) in [4.78, 5) is 0. The lowest BCUT2D eigenvalue weighted by Crippen LogP contribution is -2.02. The van der Waals surface area contributed by atoms with Crippen molar-refractivity contribution < 1.29 is 0 Å². The fourth-order valence-corrected chi connectivity index (χ4v) is 1.55. The molecule has 0 aromatic rings. The molecule has 0 fully saturated rings. The highest BCUT2D eigenvalue weighted by atomic mass is 14.1. The summed E-state index contributed by atoms with van der Waals surface area (Å²) >= 11 is 0. The lowest BCUT2D eigenvalue weighted by Gasteiger charge is -2.15. The summed E-state index contributed by atoms with van der Waals surface area (Å²) in [6.45, 7) is 11.5. The first kappa shape index (κ1) is 13.7. The van der Waals surface area contributed by atoms with Gasteiger partial charge in [0.15, 0.2) is 0 Å². The average Bonchev–Trinajstić information content (AvgIpc) is 2.22. The van der Waals surface area contributed by atoms with Gasteiger partial charge in [0.2, 0.25) is 0 Å². The van der Waals surface area contributed by atoms with Crippen LogP contribution >= 0.6 is 0 Å². The Morgan fingerprint density at radius 2 is 1.50 bits per heavy atom. The number of hydrogen-bond acceptors (Lipinski definition) is 0. The summed E-state index contributed by atoms with van der Waals surface area (Å²) in [5.41, 5.74) is 0. The molecule has 0 amide bonds. The highest BCUT2D eigenvalue weighted by molar-refractivity contribution is 4.91. The van der Waals surface area contributed by atoms with Gasteiger partial charge in [0, 0.05) is 0 Å². The van der Waals surface area contributed by atoms with Crippen molar-refractivity contribution in [1.29, 1.82) is 0 Å². The Hall–Kier alpha value is -0.260. The Bertz CT molecular complexity index is 146. The SMILES string of the molecule is CCC(C)C=CC(CC)CC(C)CC. The van der Waals surface area contributed by atoms with E-state index in [-0.39, 0.29) is 0 Å². The van der Waals surface area contributed by atoms with Gasteiger partial charge in [-0.05, 0) is 30.6 Å². The van der Waals surface area contributed by atoms with E-state index in [4.69, 9.17) is 0 Å². The first-order valence-corrected chi connectivity index (χ1v) is 6.32. The zero-order chi connectivity index (χ0) is 11.0. The standard InChI is InChI=1S/C14H28/c1-6-12(4)9-10-14(8-3)11-13(5)7-2/h9-10,12-14H,6-8,11H2,1-5H3. The highest BCUT2D eigenvalue weighted by Gasteiger charge is 2.07. The molecule has 0 spiro atoms. The van der Waals surface area contributed by atoms with Crippen molar-refractivity contribution in [3.63, 3.8) is 0 Å². The van der Waals surface area contributed by atoms with Crippen molar-refractivity contribution in [2.24, 2.45) is 17.8 Å². The molecule has 0 rings (SSSR count). The molecule has 84 valence electrons. The van der Waals surface area contributed by atoms with Crippen LogP contribution in [0.3, 0.4) is 0 Å². The Kier molecular flexibility index (Phi) is 7.93. The van der Waals surface area contributed by atoms with Crippen molar-refractivity contribution >= 4 is 0 Å². The molecule has 0 aromatic heterocycles. The lowest BCUT2D eigenvalue weighted by atomic mass is 9.91. The van der Waals surface area contributed by atoms with Crippen LogP contribution in [0.25, 0.3) is 0 Å². The maximum absolute atomic E-state index is 2.44. The van der Waals surface area contributed by atoms with Crippen LogP contribution in [0.4, 0.5) is 0 Å². The van der Waals surface area contributed by atoms with E-state index in [1.165, 1.54) is 25.7 Å². The second-order valence-corrected chi connectivity index (χ2v) is 4.69. The van der Waals surface area contributed by atoms with Crippen LogP contribution in [0.15, 0.2) is 12.2 Å². The van der Waals surface area contributed by atoms with Crippen molar-refractivity contribution in [2.45, 2.75) is 60.3 Å². The molecule has 0 heteroatoms. The third-order valence-electron chi connectivity index (χ3n) is 3.28. The molecule has 0 radical (unpaired) electrons. The number of rotatable bonds is 7. The van der Waals surface area contributed by atoms with Gasteiger partial charge in [-0.2, -0.15) is 0 Å². The summed E-state index contributed by atoms with van der Waals surface area (Å²) in [7, 11) is 0. The van der Waals surface area contributed by atoms with Crippen molar-refractivity contribution in [3.8, 4) is 0 Å². The van der Waals surface area contributed by atoms with Gasteiger partial charge >= 0.3 is 0 Å². The second-order valence-electron chi connectivity index (χ2n) is 4.69. The van der Waals surface area contributed by atoms with Gasteiger partial charge in [0.05, 0.1) is 0 Å². The topological polar surface area (TPSA) is 0 Å². The van der Waals surface area contributed by atoms with Crippen LogP contribution in [0, 0.1) is 17.8 Å². The molecular weight excluding hydrogens is 168 g/mol. The summed E-state index contributed by atoms with van der Waals surface area (Å²) in [5, 5.41) is 0. The van der Waals surface area contributed by atoms with E-state index in [1.807, 2.05) is 0 Å². The van der Waals surface area contributed by atoms with E-state index in [0.717, 1.165) is 17.8 Å². The predicted molar refractivity (Wildman–Crippen MR) is 66.4 cm³/mol. The zero-order valence-corrected chi connectivity index (χ0v) is 10.7. The van der Waals surface area contributed by atoms with Gasteiger partial charge in [-0.3, -0.25) is 0 Å². The molecule has 0 saturated heterocycles. The Morgan fingerprint density at radius 3 is 1.93 bits per heavy atom. The third kappa shape index (κ3) is 6.23. The minimum Gasteiger partial charge on any atom is -0.0854 e. The van der Waals surface area contributed by atoms with Crippen LogP contribution < -0.4 is 0 Å². The molecule has 0 heterocycles. The molecule has 0 saturated carbocycles. The van der Waals surface area contributed by atoms with Gasteiger partial charge in [-0.1, -0.05) is 59.6 Å². The summed E-state index contributed by atoms with van der Waals surface area (Å²) in [6.07, 6.45) is 10.1. The molecule has 3 unspecified atom stereocenters. The molecule has 0 aromatic carbocycles. The normalized spacial score (nSPS) is 18.4. The summed E-state index contributed by atoms with van der Waals surface area (Å²) < 4.78 is 0. The Labute approximate surface area is 90.8 Å². The molecule has 0 aliphatic heterocycles. The molecule has 0 bridgehead atoms. The van der Waals surface area contributed by atoms with Gasteiger partial charge in [-0.25, -0.2) is 0 Å². The van der Waals surface area contributed by atoms with Crippen molar-refractivity contribution in [3.05, 3.63) is 12.2 Å². The highest BCUT2D eigenvalue weighted by Crippen LogP contribution is 2.20. The second kappa shape index (κ2) is 8.08. The number of hydrogen-bond donors (Lipinski definition) is 0. The molecule has 0 aliphatic carbocycles. The van der Waals surface area contributed by atoms with Crippen LogP contribution in [0.2, 0.25) is 0 Å². The fraction of sp³-hybridized carbons (Fsp3) is 0.857. The van der Waals surface area contributed by atoms with Crippen LogP contribution in [-0.2, 0) is 0 Å². The first-order valence-electron chi connectivity index (χ1n) is 6.32. The van der Waals surface area contributed by atoms with Crippen molar-refractivity contribution in [1.82, 2.24) is 0 Å². The Balaban J connectivity index is 3.95. The van der Waals surface area contributed by atoms with Gasteiger partial charge in [0.25, 0.3) is 0 Å². The van der Waals surface area contributed by atoms with Crippen LogP contribution in [0.5, 0.6) is 0 Å². The number of allylic oxidation sites excluding steroid dienone is 2. The maximum atomic E-state index is 2.44. The zero-order valence-electron chi connectivity index (χ0n) is 10.7. The maximum Gasteiger partial charge on any atom is -0.0234 e. The summed E-state index contributed by atoms with van der Waals surface area (Å²) in [5.74, 6) is 2.43. The quantitative estimate of drug-likeness (QED) is 0.500. The summed E-state index contributed by atoms with van der Waals surface area (Å²) in [6, 6.07) is 0. The monoisotopic (exact) mass is 196 g/mol. The van der Waals surface area contributed by atoms with Gasteiger partial charge in [0.1, 0.15) is 0 Å². The van der Waals surface area contributed by atoms with E-state index in [1.54, 1.807) is 0 Å². The van der Waals surface area contributed by atoms with Crippen LogP contribution in [-0.4, -0.2) is 0 Å². The van der Waals surface area contributed by atoms with Crippen LogP contribution in [0.1, 0.15) is 60.3 Å². The molecule has 3 atom stereocenters. The van der Waals surface area contributed by atoms with Crippen molar-refractivity contribution in [2.75, 3.05) is 0 Å². The van der Waals surface area contributed by atoms with E-state index in [0.29, 0.717) is 0 Å². The van der Waals surface area contributed by atoms with E-state index in [9.17, 15) is 0 Å². The minimum absolute atomic E-state index is 0.751. The third-order valence-corrected chi connectivity index (χ3v) is 3.28. The average molecular weight is 196 g/mol. The minimum atomic E-state index is 0.751. The van der Waals surface area contributed by atoms with Gasteiger partial charge < -0.3 is 0 Å². The van der Waals surface area contributed by atoms with E-state index in [2.05, 4.69) is 46.8 Å². The van der Waals surface area contributed by atoms with E-state index < -0.39 is 0 Å². The largest absolute Gasteiger partial charge is 0.0854 e. The lowest BCUT2D eigenvalue weighted by molar-refractivity contribution is 0.425. The molecule has 0 N–H and O–H groups in total. The first-order chi connectivity index (χ1) is 6.63. The molecule has 0 aliphatic rings. The fourth-order valence-electron chi connectivity index (χ4n) is 1.55. The Morgan fingerprint density at radius 1 is 0.857 bits per heavy atom. The molecule has 14 heavy (non-hydrogen) atoms. The van der Waals surface area contributed by atoms with Gasteiger partial charge in [-0.15, -0.1) is 0 Å². The predicted octanol–water partition coefficient (Wildman–Crippen LogP) is 5.05. The molecule has 0 nitrogen and oxygen atoms in total. The smallest absolute Gasteiger partial charge is 0.0234 e.